The van der Waals surface area contributed by atoms with Crippen molar-refractivity contribution in [3.05, 3.63) is 0 Å². The highest BCUT2D eigenvalue weighted by atomic mass is 16.5. The standard InChI is InChI=1S/C16H30N4O10/c1-11-6-18(15(26)27)3-2-17(14(24)25)4-5-19(20(11)16(28)29)7-12(22)9-30-10-13(23)8-21/h11-13,21-23H,2-10H2,1H3,(H,24,25)(H,26,27)(H,28,29). The summed E-state index contributed by atoms with van der Waals surface area (Å²) in [6.45, 7) is -0.309. The third kappa shape index (κ3) is 8.16. The highest BCUT2D eigenvalue weighted by molar-refractivity contribution is 5.67. The van der Waals surface area contributed by atoms with Gasteiger partial charge in [-0.25, -0.2) is 24.4 Å². The van der Waals surface area contributed by atoms with Gasteiger partial charge in [-0.1, -0.05) is 0 Å². The number of hydrazine groups is 1. The maximum Gasteiger partial charge on any atom is 0.422 e. The number of nitrogens with zero attached hydrogens (tertiary/aromatic N) is 4. The topological polar surface area (TPSA) is 195 Å². The third-order valence-corrected chi connectivity index (χ3v) is 4.46. The molecule has 0 radical (unpaired) electrons. The number of hydrogen-bond acceptors (Lipinski definition) is 8. The molecule has 0 aliphatic carbocycles. The Labute approximate surface area is 173 Å². The number of aliphatic hydroxyl groups is 3. The van der Waals surface area contributed by atoms with Crippen molar-refractivity contribution < 1.29 is 49.8 Å². The molecule has 1 fully saturated rings. The highest BCUT2D eigenvalue weighted by Gasteiger charge is 2.32. The summed E-state index contributed by atoms with van der Waals surface area (Å²) in [5.41, 5.74) is 0. The Kier molecular flexibility index (Phi) is 10.5. The van der Waals surface area contributed by atoms with Crippen molar-refractivity contribution in [2.45, 2.75) is 25.2 Å². The van der Waals surface area contributed by atoms with Gasteiger partial charge in [0.25, 0.3) is 0 Å². The van der Waals surface area contributed by atoms with Crippen LogP contribution in [0.3, 0.4) is 0 Å². The first-order valence-electron chi connectivity index (χ1n) is 9.34. The van der Waals surface area contributed by atoms with Gasteiger partial charge < -0.3 is 45.2 Å². The third-order valence-electron chi connectivity index (χ3n) is 4.46. The first kappa shape index (κ1) is 25.6. The van der Waals surface area contributed by atoms with E-state index < -0.39 is 43.1 Å². The minimum atomic E-state index is -1.39. The average Bonchev–Trinajstić information content (AvgIpc) is 2.65. The van der Waals surface area contributed by atoms with Crippen LogP contribution in [0.4, 0.5) is 14.4 Å². The van der Waals surface area contributed by atoms with Crippen LogP contribution in [0.2, 0.25) is 0 Å². The largest absolute Gasteiger partial charge is 0.465 e. The smallest absolute Gasteiger partial charge is 0.422 e. The van der Waals surface area contributed by atoms with Crippen molar-refractivity contribution in [3.63, 3.8) is 0 Å². The van der Waals surface area contributed by atoms with Gasteiger partial charge in [-0.3, -0.25) is 0 Å². The van der Waals surface area contributed by atoms with Crippen LogP contribution >= 0.6 is 0 Å². The van der Waals surface area contributed by atoms with Gasteiger partial charge >= 0.3 is 18.3 Å². The van der Waals surface area contributed by atoms with Crippen LogP contribution in [0, 0.1) is 0 Å². The molecule has 0 aromatic carbocycles. The molecule has 1 aliphatic heterocycles. The van der Waals surface area contributed by atoms with Crippen LogP contribution in [0.5, 0.6) is 0 Å². The predicted octanol–water partition coefficient (Wildman–Crippen LogP) is -1.72. The SMILES string of the molecule is CC1CN(C(=O)O)CCN(C(=O)O)CCN(CC(O)COCC(O)CO)N1C(=O)O. The van der Waals surface area contributed by atoms with Crippen LogP contribution in [-0.2, 0) is 4.74 Å². The minimum absolute atomic E-state index is 0.0632. The van der Waals surface area contributed by atoms with E-state index in [1.54, 1.807) is 0 Å². The minimum Gasteiger partial charge on any atom is -0.465 e. The van der Waals surface area contributed by atoms with E-state index in [1.807, 2.05) is 0 Å². The molecule has 1 rings (SSSR count). The van der Waals surface area contributed by atoms with Gasteiger partial charge in [0.05, 0.1) is 32.0 Å². The van der Waals surface area contributed by atoms with Gasteiger partial charge in [-0.15, -0.1) is 0 Å². The lowest BCUT2D eigenvalue weighted by molar-refractivity contribution is -0.0862. The Bertz CT molecular complexity index is 580. The summed E-state index contributed by atoms with van der Waals surface area (Å²) in [5.74, 6) is 0. The molecule has 30 heavy (non-hydrogen) atoms. The number of β-amino-alcohol motifs (C(OH)–C–C–N with tert-alkyl or cyclic N) is 1. The average molecular weight is 438 g/mol. The van der Waals surface area contributed by atoms with E-state index in [0.717, 1.165) is 14.8 Å². The van der Waals surface area contributed by atoms with Crippen molar-refractivity contribution in [2.24, 2.45) is 0 Å². The van der Waals surface area contributed by atoms with E-state index in [0.29, 0.717) is 0 Å². The van der Waals surface area contributed by atoms with Crippen molar-refractivity contribution in [3.8, 4) is 0 Å². The van der Waals surface area contributed by atoms with Crippen molar-refractivity contribution in [2.75, 3.05) is 59.1 Å². The molecule has 1 heterocycles. The lowest BCUT2D eigenvalue weighted by Crippen LogP contribution is -2.59. The molecule has 0 aromatic rings. The Morgan fingerprint density at radius 1 is 0.900 bits per heavy atom. The lowest BCUT2D eigenvalue weighted by Gasteiger charge is -2.41. The number of ether oxygens (including phenoxy) is 1. The van der Waals surface area contributed by atoms with Gasteiger partial charge in [-0.05, 0) is 6.92 Å². The summed E-state index contributed by atoms with van der Waals surface area (Å²) < 4.78 is 5.08. The van der Waals surface area contributed by atoms with E-state index in [4.69, 9.17) is 9.84 Å². The second-order valence-corrected chi connectivity index (χ2v) is 6.91. The number of carbonyl (C=O) groups is 3. The van der Waals surface area contributed by atoms with E-state index in [9.17, 15) is 39.9 Å². The zero-order chi connectivity index (χ0) is 22.8. The normalized spacial score (nSPS) is 21.2. The second-order valence-electron chi connectivity index (χ2n) is 6.91. The van der Waals surface area contributed by atoms with E-state index >= 15 is 0 Å². The molecule has 0 bridgehead atoms. The maximum atomic E-state index is 11.9. The van der Waals surface area contributed by atoms with E-state index in [1.165, 1.54) is 11.9 Å². The van der Waals surface area contributed by atoms with Crippen molar-refractivity contribution >= 4 is 18.3 Å². The summed E-state index contributed by atoms with van der Waals surface area (Å²) in [5, 5.41) is 58.6. The molecule has 14 nitrogen and oxygen atoms in total. The molecule has 174 valence electrons. The van der Waals surface area contributed by atoms with Crippen molar-refractivity contribution in [1.82, 2.24) is 19.8 Å². The number of carboxylic acid groups (broad SMARTS) is 3. The predicted molar refractivity (Wildman–Crippen MR) is 100 cm³/mol. The molecule has 1 saturated heterocycles. The van der Waals surface area contributed by atoms with E-state index in [2.05, 4.69) is 0 Å². The van der Waals surface area contributed by atoms with Crippen LogP contribution in [0.25, 0.3) is 0 Å². The zero-order valence-corrected chi connectivity index (χ0v) is 16.7. The van der Waals surface area contributed by atoms with Crippen LogP contribution < -0.4 is 0 Å². The molecule has 0 spiro atoms. The summed E-state index contributed by atoms with van der Waals surface area (Å²) in [7, 11) is 0. The molecular formula is C16H30N4O10. The fraction of sp³-hybridized carbons (Fsp3) is 0.812. The molecule has 0 aromatic heterocycles. The Morgan fingerprint density at radius 3 is 1.97 bits per heavy atom. The maximum absolute atomic E-state index is 11.9. The van der Waals surface area contributed by atoms with Crippen LogP contribution in [-0.4, -0.2) is 146 Å². The Hall–Kier alpha value is -2.39. The van der Waals surface area contributed by atoms with E-state index in [-0.39, 0.29) is 52.5 Å². The van der Waals surface area contributed by atoms with Gasteiger partial charge in [0.15, 0.2) is 0 Å². The first-order chi connectivity index (χ1) is 14.1. The van der Waals surface area contributed by atoms with Gasteiger partial charge in [0.2, 0.25) is 0 Å². The molecule has 3 atom stereocenters. The molecule has 3 amide bonds. The number of rotatable bonds is 7. The number of amides is 3. The van der Waals surface area contributed by atoms with Gasteiger partial charge in [0.1, 0.15) is 6.10 Å². The van der Waals surface area contributed by atoms with Crippen molar-refractivity contribution in [1.29, 1.82) is 0 Å². The number of aliphatic hydroxyl groups excluding tert-OH is 3. The number of hydrogen-bond donors (Lipinski definition) is 6. The van der Waals surface area contributed by atoms with Gasteiger partial charge in [-0.2, -0.15) is 0 Å². The Morgan fingerprint density at radius 2 is 1.43 bits per heavy atom. The fourth-order valence-corrected chi connectivity index (χ4v) is 3.01. The lowest BCUT2D eigenvalue weighted by atomic mass is 10.2. The summed E-state index contributed by atoms with van der Waals surface area (Å²) in [4.78, 5) is 36.7. The summed E-state index contributed by atoms with van der Waals surface area (Å²) >= 11 is 0. The second kappa shape index (κ2) is 12.3. The molecule has 0 saturated carbocycles. The van der Waals surface area contributed by atoms with Crippen LogP contribution in [0.15, 0.2) is 0 Å². The fourth-order valence-electron chi connectivity index (χ4n) is 3.01. The van der Waals surface area contributed by atoms with Crippen LogP contribution in [0.1, 0.15) is 6.92 Å². The molecule has 1 aliphatic rings. The molecular weight excluding hydrogens is 408 g/mol. The zero-order valence-electron chi connectivity index (χ0n) is 16.7. The monoisotopic (exact) mass is 438 g/mol. The highest BCUT2D eigenvalue weighted by Crippen LogP contribution is 2.12. The Balaban J connectivity index is 2.97. The summed E-state index contributed by atoms with van der Waals surface area (Å²) in [6.07, 6.45) is -6.29. The summed E-state index contributed by atoms with van der Waals surface area (Å²) in [6, 6.07) is -0.806. The molecule has 14 heteroatoms. The quantitative estimate of drug-likeness (QED) is 0.264. The molecule has 6 N–H and O–H groups in total. The first-order valence-corrected chi connectivity index (χ1v) is 9.34. The van der Waals surface area contributed by atoms with Gasteiger partial charge in [0, 0.05) is 39.3 Å². The molecule has 3 unspecified atom stereocenters.